The van der Waals surface area contributed by atoms with Gasteiger partial charge in [-0.3, -0.25) is 9.59 Å². The maximum Gasteiger partial charge on any atom is 0.310 e. The molecule has 0 saturated carbocycles. The number of rotatable bonds is 5. The number of nitrogens with zero attached hydrogens (tertiary/aromatic N) is 1. The second-order valence-electron chi connectivity index (χ2n) is 4.63. The van der Waals surface area contributed by atoms with E-state index in [2.05, 4.69) is 0 Å². The van der Waals surface area contributed by atoms with Crippen LogP contribution >= 0.6 is 0 Å². The summed E-state index contributed by atoms with van der Waals surface area (Å²) in [5.74, 6) is -0.456. The minimum absolute atomic E-state index is 0.0160. The van der Waals surface area contributed by atoms with Gasteiger partial charge < -0.3 is 14.4 Å². The molecule has 0 aromatic carbocycles. The Balaban J connectivity index is 2.45. The zero-order valence-electron chi connectivity index (χ0n) is 11.1. The lowest BCUT2D eigenvalue weighted by Gasteiger charge is -2.31. The Morgan fingerprint density at radius 2 is 2.00 bits per heavy atom. The van der Waals surface area contributed by atoms with Gasteiger partial charge in [-0.1, -0.05) is 0 Å². The van der Waals surface area contributed by atoms with Crippen LogP contribution in [0, 0.1) is 5.92 Å². The highest BCUT2D eigenvalue weighted by atomic mass is 16.5. The lowest BCUT2D eigenvalue weighted by molar-refractivity contribution is -0.151. The zero-order chi connectivity index (χ0) is 13.5. The highest BCUT2D eigenvalue weighted by Crippen LogP contribution is 2.18. The van der Waals surface area contributed by atoms with E-state index in [1.54, 1.807) is 11.8 Å². The molecule has 1 amide bonds. The first-order valence-electron chi connectivity index (χ1n) is 6.48. The van der Waals surface area contributed by atoms with Crippen molar-refractivity contribution >= 4 is 17.7 Å². The molecule has 5 nitrogen and oxygen atoms in total. The number of hydrogen-bond acceptors (Lipinski definition) is 4. The fourth-order valence-corrected chi connectivity index (χ4v) is 2.10. The summed E-state index contributed by atoms with van der Waals surface area (Å²) in [6, 6.07) is 0. The Hall–Kier alpha value is -1.39. The summed E-state index contributed by atoms with van der Waals surface area (Å²) in [5.41, 5.74) is 0. The first kappa shape index (κ1) is 14.7. The number of esters is 1. The van der Waals surface area contributed by atoms with Crippen LogP contribution in [0.25, 0.3) is 0 Å². The fraction of sp³-hybridized carbons (Fsp3) is 0.769. The third-order valence-electron chi connectivity index (χ3n) is 3.08. The summed E-state index contributed by atoms with van der Waals surface area (Å²) >= 11 is 0. The Labute approximate surface area is 107 Å². The Bertz CT molecular complexity index is 327. The maximum absolute atomic E-state index is 11.9. The largest absolute Gasteiger partial charge is 0.466 e. The second kappa shape index (κ2) is 7.13. The number of carbonyl (C=O) groups is 3. The van der Waals surface area contributed by atoms with Gasteiger partial charge in [-0.05, 0) is 26.7 Å². The van der Waals surface area contributed by atoms with Gasteiger partial charge in [0, 0.05) is 25.9 Å². The van der Waals surface area contributed by atoms with Crippen molar-refractivity contribution in [1.82, 2.24) is 4.90 Å². The van der Waals surface area contributed by atoms with Crippen molar-refractivity contribution in [3.05, 3.63) is 0 Å². The highest BCUT2D eigenvalue weighted by molar-refractivity contribution is 5.84. The molecule has 1 unspecified atom stereocenters. The summed E-state index contributed by atoms with van der Waals surface area (Å²) in [4.78, 5) is 36.0. The quantitative estimate of drug-likeness (QED) is 0.691. The minimum atomic E-state index is -0.221. The first-order chi connectivity index (χ1) is 8.54. The molecule has 1 atom stereocenters. The third kappa shape index (κ3) is 4.47. The summed E-state index contributed by atoms with van der Waals surface area (Å²) in [6.07, 6.45) is 2.11. The summed E-state index contributed by atoms with van der Waals surface area (Å²) in [7, 11) is 0. The zero-order valence-corrected chi connectivity index (χ0v) is 11.1. The fourth-order valence-electron chi connectivity index (χ4n) is 2.10. The molecule has 0 bridgehead atoms. The van der Waals surface area contributed by atoms with E-state index in [4.69, 9.17) is 4.74 Å². The number of Topliss-reactive ketones (excluding diaryl/α,β-unsaturated/α-hetero) is 1. The molecule has 102 valence electrons. The van der Waals surface area contributed by atoms with E-state index in [9.17, 15) is 14.4 Å². The van der Waals surface area contributed by atoms with E-state index >= 15 is 0 Å². The van der Waals surface area contributed by atoms with Crippen LogP contribution in [0.4, 0.5) is 0 Å². The van der Waals surface area contributed by atoms with Crippen molar-refractivity contribution in [2.45, 2.75) is 39.5 Å². The van der Waals surface area contributed by atoms with Crippen molar-refractivity contribution in [3.63, 3.8) is 0 Å². The van der Waals surface area contributed by atoms with Crippen molar-refractivity contribution in [3.8, 4) is 0 Å². The Morgan fingerprint density at radius 1 is 1.28 bits per heavy atom. The summed E-state index contributed by atoms with van der Waals surface area (Å²) in [6.45, 7) is 4.72. The van der Waals surface area contributed by atoms with E-state index in [-0.39, 0.29) is 36.4 Å². The molecule has 0 N–H and O–H groups in total. The van der Waals surface area contributed by atoms with Gasteiger partial charge in [-0.2, -0.15) is 0 Å². The van der Waals surface area contributed by atoms with Crippen LogP contribution in [0.15, 0.2) is 0 Å². The standard InChI is InChI=1S/C13H21NO4/c1-3-18-13(17)11-5-4-8-14(9-11)12(16)7-6-10(2)15/h11H,3-9H2,1-2H3. The molecule has 0 radical (unpaired) electrons. The van der Waals surface area contributed by atoms with Crippen LogP contribution in [0.1, 0.15) is 39.5 Å². The molecule has 1 fully saturated rings. The highest BCUT2D eigenvalue weighted by Gasteiger charge is 2.29. The minimum Gasteiger partial charge on any atom is -0.466 e. The van der Waals surface area contributed by atoms with E-state index in [0.29, 0.717) is 19.7 Å². The average molecular weight is 255 g/mol. The molecule has 1 rings (SSSR count). The van der Waals surface area contributed by atoms with Gasteiger partial charge in [-0.15, -0.1) is 0 Å². The first-order valence-corrected chi connectivity index (χ1v) is 6.48. The molecule has 0 spiro atoms. The molecule has 0 aromatic rings. The van der Waals surface area contributed by atoms with Crippen LogP contribution < -0.4 is 0 Å². The van der Waals surface area contributed by atoms with Crippen molar-refractivity contribution in [1.29, 1.82) is 0 Å². The van der Waals surface area contributed by atoms with E-state index in [1.807, 2.05) is 0 Å². The van der Waals surface area contributed by atoms with Crippen molar-refractivity contribution in [2.75, 3.05) is 19.7 Å². The lowest BCUT2D eigenvalue weighted by Crippen LogP contribution is -2.42. The van der Waals surface area contributed by atoms with Crippen molar-refractivity contribution in [2.24, 2.45) is 5.92 Å². The number of carbonyl (C=O) groups excluding carboxylic acids is 3. The van der Waals surface area contributed by atoms with Crippen LogP contribution in [0.2, 0.25) is 0 Å². The Kier molecular flexibility index (Phi) is 5.82. The normalized spacial score (nSPS) is 19.4. The van der Waals surface area contributed by atoms with Crippen LogP contribution in [0.5, 0.6) is 0 Å². The molecule has 0 aromatic heterocycles. The van der Waals surface area contributed by atoms with Gasteiger partial charge in [0.25, 0.3) is 0 Å². The van der Waals surface area contributed by atoms with Gasteiger partial charge in [0.05, 0.1) is 12.5 Å². The monoisotopic (exact) mass is 255 g/mol. The molecule has 18 heavy (non-hydrogen) atoms. The smallest absolute Gasteiger partial charge is 0.310 e. The predicted molar refractivity (Wildman–Crippen MR) is 65.9 cm³/mol. The number of ketones is 1. The molecule has 1 aliphatic rings. The molecule has 1 aliphatic heterocycles. The third-order valence-corrected chi connectivity index (χ3v) is 3.08. The number of amides is 1. The van der Waals surface area contributed by atoms with Gasteiger partial charge >= 0.3 is 5.97 Å². The predicted octanol–water partition coefficient (Wildman–Crippen LogP) is 1.16. The number of likely N-dealkylation sites (tertiary alicyclic amines) is 1. The number of hydrogen-bond donors (Lipinski definition) is 0. The van der Waals surface area contributed by atoms with Crippen LogP contribution in [-0.4, -0.2) is 42.3 Å². The van der Waals surface area contributed by atoms with Gasteiger partial charge in [0.2, 0.25) is 5.91 Å². The molecule has 0 aliphatic carbocycles. The molecule has 1 saturated heterocycles. The molecule has 1 heterocycles. The number of ether oxygens (including phenoxy) is 1. The van der Waals surface area contributed by atoms with E-state index in [0.717, 1.165) is 12.8 Å². The van der Waals surface area contributed by atoms with Gasteiger partial charge in [-0.25, -0.2) is 0 Å². The van der Waals surface area contributed by atoms with Crippen LogP contribution in [0.3, 0.4) is 0 Å². The van der Waals surface area contributed by atoms with Gasteiger partial charge in [0.15, 0.2) is 0 Å². The molecular formula is C13H21NO4. The summed E-state index contributed by atoms with van der Waals surface area (Å²) in [5, 5.41) is 0. The Morgan fingerprint density at radius 3 is 2.61 bits per heavy atom. The topological polar surface area (TPSA) is 63.7 Å². The number of piperidine rings is 1. The lowest BCUT2D eigenvalue weighted by atomic mass is 9.98. The summed E-state index contributed by atoms with van der Waals surface area (Å²) < 4.78 is 4.98. The average Bonchev–Trinajstić information content (AvgIpc) is 2.36. The van der Waals surface area contributed by atoms with E-state index < -0.39 is 0 Å². The SMILES string of the molecule is CCOC(=O)C1CCCN(C(=O)CCC(C)=O)C1. The van der Waals surface area contributed by atoms with Crippen LogP contribution in [-0.2, 0) is 19.1 Å². The van der Waals surface area contributed by atoms with Gasteiger partial charge in [0.1, 0.15) is 5.78 Å². The maximum atomic E-state index is 11.9. The van der Waals surface area contributed by atoms with Crippen molar-refractivity contribution < 1.29 is 19.1 Å². The molecule has 5 heteroatoms. The second-order valence-corrected chi connectivity index (χ2v) is 4.63. The molecular weight excluding hydrogens is 234 g/mol. The van der Waals surface area contributed by atoms with E-state index in [1.165, 1.54) is 6.92 Å².